The fraction of sp³-hybridized carbons (Fsp3) is 0.105. The zero-order valence-electron chi connectivity index (χ0n) is 13.4. The highest BCUT2D eigenvalue weighted by Gasteiger charge is 2.05. The molecule has 0 radical (unpaired) electrons. The highest BCUT2D eigenvalue weighted by atomic mass is 35.5. The van der Waals surface area contributed by atoms with Crippen LogP contribution in [0.4, 0.5) is 0 Å². The van der Waals surface area contributed by atoms with Gasteiger partial charge in [-0.15, -0.1) is 0 Å². The van der Waals surface area contributed by atoms with Crippen LogP contribution in [0, 0.1) is 0 Å². The minimum Gasteiger partial charge on any atom is -0.490 e. The summed E-state index contributed by atoms with van der Waals surface area (Å²) in [7, 11) is 0. The number of carbonyl (C=O) groups is 1. The van der Waals surface area contributed by atoms with Crippen LogP contribution in [0.15, 0.2) is 67.0 Å². The normalized spacial score (nSPS) is 10.3. The van der Waals surface area contributed by atoms with E-state index < -0.39 is 0 Å². The predicted molar refractivity (Wildman–Crippen MR) is 96.7 cm³/mol. The van der Waals surface area contributed by atoms with Crippen LogP contribution in [0.1, 0.15) is 10.4 Å². The van der Waals surface area contributed by atoms with Gasteiger partial charge in [0.25, 0.3) is 5.91 Å². The average molecular weight is 354 g/mol. The number of rotatable bonds is 6. The van der Waals surface area contributed by atoms with Gasteiger partial charge >= 0.3 is 0 Å². The molecule has 0 aliphatic heterocycles. The maximum absolute atomic E-state index is 11.9. The highest BCUT2D eigenvalue weighted by Crippen LogP contribution is 2.16. The SMILES string of the molecule is O=C(NCCOc1ccc(-c2ccccn2)nc1)c1ccc(Cl)cc1. The van der Waals surface area contributed by atoms with Crippen molar-refractivity contribution >= 4 is 17.5 Å². The molecule has 0 aliphatic carbocycles. The number of amides is 1. The maximum atomic E-state index is 11.9. The van der Waals surface area contributed by atoms with Crippen molar-refractivity contribution < 1.29 is 9.53 Å². The molecule has 0 saturated carbocycles. The molecule has 0 atom stereocenters. The van der Waals surface area contributed by atoms with Crippen molar-refractivity contribution in [3.63, 3.8) is 0 Å². The van der Waals surface area contributed by atoms with E-state index in [1.165, 1.54) is 0 Å². The zero-order valence-corrected chi connectivity index (χ0v) is 14.1. The van der Waals surface area contributed by atoms with Crippen molar-refractivity contribution in [2.45, 2.75) is 0 Å². The van der Waals surface area contributed by atoms with Crippen molar-refractivity contribution in [2.75, 3.05) is 13.2 Å². The van der Waals surface area contributed by atoms with Gasteiger partial charge in [-0.1, -0.05) is 17.7 Å². The zero-order chi connectivity index (χ0) is 17.5. The Morgan fingerprint density at radius 1 is 1.00 bits per heavy atom. The van der Waals surface area contributed by atoms with Crippen molar-refractivity contribution in [1.82, 2.24) is 15.3 Å². The van der Waals surface area contributed by atoms with Gasteiger partial charge in [-0.2, -0.15) is 0 Å². The van der Waals surface area contributed by atoms with E-state index in [1.807, 2.05) is 30.3 Å². The topological polar surface area (TPSA) is 64.1 Å². The minimum atomic E-state index is -0.163. The number of pyridine rings is 2. The summed E-state index contributed by atoms with van der Waals surface area (Å²) in [4.78, 5) is 20.5. The molecule has 5 nitrogen and oxygen atoms in total. The number of carbonyl (C=O) groups excluding carboxylic acids is 1. The van der Waals surface area contributed by atoms with Gasteiger partial charge in [-0.3, -0.25) is 14.8 Å². The third kappa shape index (κ3) is 4.78. The maximum Gasteiger partial charge on any atom is 0.251 e. The molecule has 2 heterocycles. The van der Waals surface area contributed by atoms with Crippen molar-refractivity contribution in [3.05, 3.63) is 77.6 Å². The van der Waals surface area contributed by atoms with Gasteiger partial charge in [0.1, 0.15) is 12.4 Å². The van der Waals surface area contributed by atoms with Gasteiger partial charge in [0, 0.05) is 16.8 Å². The van der Waals surface area contributed by atoms with E-state index in [1.54, 1.807) is 36.7 Å². The van der Waals surface area contributed by atoms with Crippen LogP contribution in [-0.4, -0.2) is 29.0 Å². The molecule has 126 valence electrons. The lowest BCUT2D eigenvalue weighted by atomic mass is 10.2. The number of hydrogen-bond donors (Lipinski definition) is 1. The first-order valence-corrected chi connectivity index (χ1v) is 8.14. The van der Waals surface area contributed by atoms with Gasteiger partial charge in [0.05, 0.1) is 24.1 Å². The second-order valence-corrected chi connectivity index (χ2v) is 5.64. The van der Waals surface area contributed by atoms with E-state index in [0.717, 1.165) is 11.4 Å². The van der Waals surface area contributed by atoms with Gasteiger partial charge < -0.3 is 10.1 Å². The molecular formula is C19H16ClN3O2. The number of hydrogen-bond acceptors (Lipinski definition) is 4. The first-order valence-electron chi connectivity index (χ1n) is 7.76. The molecule has 0 aliphatic rings. The lowest BCUT2D eigenvalue weighted by molar-refractivity contribution is 0.0947. The summed E-state index contributed by atoms with van der Waals surface area (Å²) in [6.45, 7) is 0.743. The summed E-state index contributed by atoms with van der Waals surface area (Å²) >= 11 is 5.80. The second kappa shape index (κ2) is 8.26. The molecule has 1 N–H and O–H groups in total. The molecule has 3 rings (SSSR count). The van der Waals surface area contributed by atoms with E-state index >= 15 is 0 Å². The fourth-order valence-corrected chi connectivity index (χ4v) is 2.29. The van der Waals surface area contributed by atoms with E-state index in [-0.39, 0.29) is 5.91 Å². The van der Waals surface area contributed by atoms with E-state index in [2.05, 4.69) is 15.3 Å². The molecule has 0 fully saturated rings. The fourth-order valence-electron chi connectivity index (χ4n) is 2.17. The Bertz CT molecular complexity index is 822. The minimum absolute atomic E-state index is 0.163. The van der Waals surface area contributed by atoms with Crippen LogP contribution < -0.4 is 10.1 Å². The van der Waals surface area contributed by atoms with Crippen LogP contribution in [0.25, 0.3) is 11.4 Å². The molecule has 2 aromatic heterocycles. The molecular weight excluding hydrogens is 338 g/mol. The molecule has 3 aromatic rings. The van der Waals surface area contributed by atoms with Gasteiger partial charge in [-0.25, -0.2) is 0 Å². The summed E-state index contributed by atoms with van der Waals surface area (Å²) in [5.41, 5.74) is 2.15. The van der Waals surface area contributed by atoms with Crippen LogP contribution >= 0.6 is 11.6 Å². The smallest absolute Gasteiger partial charge is 0.251 e. The number of nitrogens with zero attached hydrogens (tertiary/aromatic N) is 2. The monoisotopic (exact) mass is 353 g/mol. The Balaban J connectivity index is 1.46. The molecule has 25 heavy (non-hydrogen) atoms. The van der Waals surface area contributed by atoms with Crippen LogP contribution in [0.5, 0.6) is 5.75 Å². The standard InChI is InChI=1S/C19H16ClN3O2/c20-15-6-4-14(5-7-15)19(24)22-11-12-25-16-8-9-18(23-13-16)17-3-1-2-10-21-17/h1-10,13H,11-12H2,(H,22,24). The summed E-state index contributed by atoms with van der Waals surface area (Å²) in [6, 6.07) is 16.1. The number of benzene rings is 1. The first kappa shape index (κ1) is 16.9. The number of aromatic nitrogens is 2. The first-order chi connectivity index (χ1) is 12.2. The Morgan fingerprint density at radius 2 is 1.80 bits per heavy atom. The van der Waals surface area contributed by atoms with Crippen LogP contribution in [-0.2, 0) is 0 Å². The Hall–Kier alpha value is -2.92. The van der Waals surface area contributed by atoms with Crippen molar-refractivity contribution in [1.29, 1.82) is 0 Å². The predicted octanol–water partition coefficient (Wildman–Crippen LogP) is 3.61. The summed E-state index contributed by atoms with van der Waals surface area (Å²) in [5, 5.41) is 3.39. The number of ether oxygens (including phenoxy) is 1. The quantitative estimate of drug-likeness (QED) is 0.688. The van der Waals surface area contributed by atoms with Gasteiger partial charge in [0.15, 0.2) is 0 Å². The van der Waals surface area contributed by atoms with Crippen molar-refractivity contribution in [3.8, 4) is 17.1 Å². The molecule has 0 spiro atoms. The summed E-state index contributed by atoms with van der Waals surface area (Å²) in [5.74, 6) is 0.476. The van der Waals surface area contributed by atoms with Crippen LogP contribution in [0.2, 0.25) is 5.02 Å². The number of nitrogens with one attached hydrogen (secondary N) is 1. The third-order valence-electron chi connectivity index (χ3n) is 3.43. The summed E-state index contributed by atoms with van der Waals surface area (Å²) in [6.07, 6.45) is 3.37. The average Bonchev–Trinajstić information content (AvgIpc) is 2.67. The Morgan fingerprint density at radius 3 is 2.48 bits per heavy atom. The second-order valence-electron chi connectivity index (χ2n) is 5.21. The molecule has 0 saturated heterocycles. The Kier molecular flexibility index (Phi) is 5.59. The Labute approximate surface area is 150 Å². The van der Waals surface area contributed by atoms with Crippen molar-refractivity contribution in [2.24, 2.45) is 0 Å². The van der Waals surface area contributed by atoms with E-state index in [4.69, 9.17) is 16.3 Å². The molecule has 0 bridgehead atoms. The third-order valence-corrected chi connectivity index (χ3v) is 3.68. The van der Waals surface area contributed by atoms with E-state index in [9.17, 15) is 4.79 Å². The lowest BCUT2D eigenvalue weighted by Gasteiger charge is -2.08. The molecule has 1 amide bonds. The molecule has 0 unspecified atom stereocenters. The van der Waals surface area contributed by atoms with Crippen LogP contribution in [0.3, 0.4) is 0 Å². The molecule has 6 heteroatoms. The van der Waals surface area contributed by atoms with E-state index in [0.29, 0.717) is 29.5 Å². The highest BCUT2D eigenvalue weighted by molar-refractivity contribution is 6.30. The van der Waals surface area contributed by atoms with Gasteiger partial charge in [-0.05, 0) is 48.5 Å². The van der Waals surface area contributed by atoms with Gasteiger partial charge in [0.2, 0.25) is 0 Å². The largest absolute Gasteiger partial charge is 0.490 e. The number of halogens is 1. The summed E-state index contributed by atoms with van der Waals surface area (Å²) < 4.78 is 5.58. The lowest BCUT2D eigenvalue weighted by Crippen LogP contribution is -2.28. The molecule has 1 aromatic carbocycles.